The normalized spacial score (nSPS) is 16.4. The van der Waals surface area contributed by atoms with Crippen molar-refractivity contribution < 1.29 is 36.3 Å². The summed E-state index contributed by atoms with van der Waals surface area (Å²) in [5.41, 5.74) is 4.64. The van der Waals surface area contributed by atoms with Gasteiger partial charge in [0.25, 0.3) is 12.3 Å². The van der Waals surface area contributed by atoms with Crippen molar-refractivity contribution in [2.75, 3.05) is 43.1 Å². The molecule has 1 aromatic carbocycles. The van der Waals surface area contributed by atoms with Crippen LogP contribution in [-0.4, -0.2) is 56.9 Å². The molecule has 2 amide bonds. The molecule has 1 heterocycles. The molecule has 0 unspecified atom stereocenters. The minimum absolute atomic E-state index is 0.175. The van der Waals surface area contributed by atoms with Crippen LogP contribution in [0.15, 0.2) is 18.2 Å². The number of alkyl halides is 5. The van der Waals surface area contributed by atoms with Gasteiger partial charge in [0.05, 0.1) is 19.2 Å². The van der Waals surface area contributed by atoms with Gasteiger partial charge in [-0.25, -0.2) is 8.78 Å². The molecule has 12 heteroatoms. The van der Waals surface area contributed by atoms with Crippen molar-refractivity contribution in [1.29, 1.82) is 0 Å². The van der Waals surface area contributed by atoms with E-state index in [1.165, 1.54) is 11.0 Å². The van der Waals surface area contributed by atoms with E-state index in [9.17, 15) is 31.5 Å². The summed E-state index contributed by atoms with van der Waals surface area (Å²) in [7, 11) is 0. The van der Waals surface area contributed by atoms with Gasteiger partial charge >= 0.3 is 6.18 Å². The number of halogens is 5. The topological polar surface area (TPSA) is 96.7 Å². The van der Waals surface area contributed by atoms with E-state index in [2.05, 4.69) is 5.32 Å². The molecule has 156 valence electrons. The maximum absolute atomic E-state index is 13.4. The van der Waals surface area contributed by atoms with Crippen LogP contribution in [0.1, 0.15) is 12.0 Å². The molecule has 1 fully saturated rings. The average Bonchev–Trinajstić information content (AvgIpc) is 2.62. The molecule has 4 N–H and O–H groups in total. The maximum Gasteiger partial charge on any atom is 0.401 e. The van der Waals surface area contributed by atoms with Crippen LogP contribution < -0.4 is 21.3 Å². The van der Waals surface area contributed by atoms with Crippen LogP contribution >= 0.6 is 0 Å². The highest BCUT2D eigenvalue weighted by molar-refractivity contribution is 5.97. The van der Waals surface area contributed by atoms with Crippen molar-refractivity contribution in [1.82, 2.24) is 5.32 Å². The van der Waals surface area contributed by atoms with Gasteiger partial charge < -0.3 is 20.7 Å². The molecule has 0 spiro atoms. The fourth-order valence-corrected chi connectivity index (χ4v) is 2.55. The van der Waals surface area contributed by atoms with Crippen molar-refractivity contribution in [3.8, 4) is 0 Å². The highest BCUT2D eigenvalue weighted by Gasteiger charge is 2.30. The summed E-state index contributed by atoms with van der Waals surface area (Å²) < 4.78 is 68.7. The number of morpholine rings is 1. The lowest BCUT2D eigenvalue weighted by Gasteiger charge is -2.27. The van der Waals surface area contributed by atoms with E-state index >= 15 is 0 Å². The zero-order valence-corrected chi connectivity index (χ0v) is 14.6. The number of hydrogen-bond donors (Lipinski definition) is 3. The number of carbonyl (C=O) groups excluding carboxylic acids is 2. The summed E-state index contributed by atoms with van der Waals surface area (Å²) in [6, 6.07) is 2.14. The lowest BCUT2D eigenvalue weighted by Crippen LogP contribution is -2.48. The molecule has 0 radical (unpaired) electrons. The van der Waals surface area contributed by atoms with Crippen molar-refractivity contribution >= 4 is 23.2 Å². The van der Waals surface area contributed by atoms with Crippen LogP contribution in [-0.2, 0) is 14.3 Å². The smallest absolute Gasteiger partial charge is 0.370 e. The van der Waals surface area contributed by atoms with Gasteiger partial charge in [-0.2, -0.15) is 13.2 Å². The van der Waals surface area contributed by atoms with Gasteiger partial charge in [-0.1, -0.05) is 0 Å². The summed E-state index contributed by atoms with van der Waals surface area (Å²) in [4.78, 5) is 25.2. The summed E-state index contributed by atoms with van der Waals surface area (Å²) >= 11 is 0. The van der Waals surface area contributed by atoms with E-state index in [1.54, 1.807) is 0 Å². The lowest BCUT2D eigenvalue weighted by atomic mass is 10.1. The number of anilines is 2. The molecule has 7 nitrogen and oxygen atoms in total. The van der Waals surface area contributed by atoms with Crippen molar-refractivity contribution in [3.63, 3.8) is 0 Å². The summed E-state index contributed by atoms with van der Waals surface area (Å²) in [6.07, 6.45) is -7.56. The Hall–Kier alpha value is -2.31. The van der Waals surface area contributed by atoms with E-state index in [0.717, 1.165) is 12.1 Å². The molecule has 28 heavy (non-hydrogen) atoms. The third-order valence-electron chi connectivity index (χ3n) is 3.93. The number of rotatable bonds is 7. The monoisotopic (exact) mass is 410 g/mol. The predicted molar refractivity (Wildman–Crippen MR) is 90.1 cm³/mol. The van der Waals surface area contributed by atoms with Crippen LogP contribution in [0, 0.1) is 0 Å². The Bertz CT molecular complexity index is 714. The number of benzene rings is 1. The van der Waals surface area contributed by atoms with Gasteiger partial charge in [-0.15, -0.1) is 0 Å². The van der Waals surface area contributed by atoms with Gasteiger partial charge in [0.1, 0.15) is 6.61 Å². The van der Waals surface area contributed by atoms with Crippen molar-refractivity contribution in [2.45, 2.75) is 18.6 Å². The van der Waals surface area contributed by atoms with Crippen LogP contribution in [0.2, 0.25) is 0 Å². The van der Waals surface area contributed by atoms with E-state index in [4.69, 9.17) is 10.5 Å². The third-order valence-corrected chi connectivity index (χ3v) is 3.93. The Morgan fingerprint density at radius 2 is 2.04 bits per heavy atom. The van der Waals surface area contributed by atoms with Crippen LogP contribution in [0.4, 0.5) is 33.3 Å². The van der Waals surface area contributed by atoms with E-state index < -0.39 is 49.1 Å². The molecule has 0 bridgehead atoms. The van der Waals surface area contributed by atoms with Gasteiger partial charge in [0.2, 0.25) is 5.91 Å². The second kappa shape index (κ2) is 9.26. The molecule has 0 aliphatic carbocycles. The molecule has 2 rings (SSSR count). The molecule has 0 aromatic heterocycles. The first-order chi connectivity index (χ1) is 13.1. The number of ether oxygens (including phenoxy) is 1. The largest absolute Gasteiger partial charge is 0.401 e. The maximum atomic E-state index is 13.4. The second-order valence-corrected chi connectivity index (χ2v) is 5.94. The fourth-order valence-electron chi connectivity index (χ4n) is 2.55. The Morgan fingerprint density at radius 3 is 2.61 bits per heavy atom. The van der Waals surface area contributed by atoms with Crippen molar-refractivity contribution in [3.05, 3.63) is 23.8 Å². The number of carbonyl (C=O) groups is 2. The zero-order valence-electron chi connectivity index (χ0n) is 14.6. The van der Waals surface area contributed by atoms with Gasteiger partial charge in [0.15, 0.2) is 0 Å². The molecule has 1 aliphatic heterocycles. The Morgan fingerprint density at radius 1 is 1.32 bits per heavy atom. The first-order valence-electron chi connectivity index (χ1n) is 8.23. The number of nitrogens with zero attached hydrogens (tertiary/aromatic N) is 1. The van der Waals surface area contributed by atoms with Gasteiger partial charge in [-0.3, -0.25) is 14.9 Å². The number of nitrogens with one attached hydrogen (secondary N) is 2. The van der Waals surface area contributed by atoms with Crippen LogP contribution in [0.25, 0.3) is 0 Å². The highest BCUT2D eigenvalue weighted by atomic mass is 19.4. The van der Waals surface area contributed by atoms with Crippen LogP contribution in [0.3, 0.4) is 0 Å². The minimum atomic E-state index is -4.56. The first-order valence-corrected chi connectivity index (χ1v) is 8.23. The standard InChI is InChI=1S/C16H19F5N4O3/c17-14(18)10-5-9(25-3-4-28-7-13(25)26)1-2-11(10)24-15(27)12(6-22)23-8-16(19,20)21/h1-2,5,12,14,23H,3-4,6-8,22H2,(H,24,27)/t12-/m0/s1. The number of hydrogen-bond acceptors (Lipinski definition) is 5. The fraction of sp³-hybridized carbons (Fsp3) is 0.500. The predicted octanol–water partition coefficient (Wildman–Crippen LogP) is 1.41. The third kappa shape index (κ3) is 5.84. The Labute approximate surface area is 157 Å². The second-order valence-electron chi connectivity index (χ2n) is 5.94. The SMILES string of the molecule is NC[C@H](NCC(F)(F)F)C(=O)Nc1ccc(N2CCOCC2=O)cc1C(F)F. The van der Waals surface area contributed by atoms with Gasteiger partial charge in [0, 0.05) is 30.0 Å². The number of amides is 2. The summed E-state index contributed by atoms with van der Waals surface area (Å²) in [5, 5.41) is 4.09. The number of nitrogens with two attached hydrogens (primary N) is 1. The highest BCUT2D eigenvalue weighted by Crippen LogP contribution is 2.32. The zero-order chi connectivity index (χ0) is 20.9. The summed E-state index contributed by atoms with van der Waals surface area (Å²) in [5.74, 6) is -1.38. The van der Waals surface area contributed by atoms with E-state index in [-0.39, 0.29) is 31.1 Å². The van der Waals surface area contributed by atoms with E-state index in [0.29, 0.717) is 0 Å². The van der Waals surface area contributed by atoms with Crippen molar-refractivity contribution in [2.24, 2.45) is 5.73 Å². The quantitative estimate of drug-likeness (QED) is 0.591. The Balaban J connectivity index is 2.17. The molecule has 1 atom stereocenters. The first kappa shape index (κ1) is 22.0. The summed E-state index contributed by atoms with van der Waals surface area (Å²) in [6.45, 7) is -1.67. The molecule has 1 aromatic rings. The average molecular weight is 410 g/mol. The molecule has 1 saturated heterocycles. The van der Waals surface area contributed by atoms with Crippen LogP contribution in [0.5, 0.6) is 0 Å². The van der Waals surface area contributed by atoms with Gasteiger partial charge in [-0.05, 0) is 18.2 Å². The minimum Gasteiger partial charge on any atom is -0.370 e. The Kier molecular flexibility index (Phi) is 7.27. The molecular formula is C16H19F5N4O3. The molecule has 0 saturated carbocycles. The lowest BCUT2D eigenvalue weighted by molar-refractivity contribution is -0.130. The molecular weight excluding hydrogens is 391 g/mol. The molecule has 1 aliphatic rings. The van der Waals surface area contributed by atoms with E-state index in [1.807, 2.05) is 5.32 Å².